The SMILES string of the molecule is O=C(C[C@H]1CCN(Cc2ccccc2)C1)NNC(=O)[C@@H]1COc2ccccc2O1. The molecule has 29 heavy (non-hydrogen) atoms. The number of hydrogen-bond donors (Lipinski definition) is 2. The number of benzene rings is 2. The second kappa shape index (κ2) is 8.96. The number of para-hydroxylation sites is 2. The Hall–Kier alpha value is -3.06. The van der Waals surface area contributed by atoms with Gasteiger partial charge in [-0.2, -0.15) is 0 Å². The number of carbonyl (C=O) groups excluding carboxylic acids is 2. The summed E-state index contributed by atoms with van der Waals surface area (Å²) >= 11 is 0. The Morgan fingerprint density at radius 3 is 2.59 bits per heavy atom. The number of likely N-dealkylation sites (tertiary alicyclic amines) is 1. The van der Waals surface area contributed by atoms with Gasteiger partial charge in [0.15, 0.2) is 11.5 Å². The monoisotopic (exact) mass is 395 g/mol. The molecule has 0 radical (unpaired) electrons. The first kappa shape index (κ1) is 19.3. The summed E-state index contributed by atoms with van der Waals surface area (Å²) in [7, 11) is 0. The van der Waals surface area contributed by atoms with Crippen molar-refractivity contribution >= 4 is 11.8 Å². The molecule has 0 bridgehead atoms. The number of nitrogens with zero attached hydrogens (tertiary/aromatic N) is 1. The van der Waals surface area contributed by atoms with Gasteiger partial charge in [-0.1, -0.05) is 42.5 Å². The number of nitrogens with one attached hydrogen (secondary N) is 2. The maximum atomic E-state index is 12.3. The van der Waals surface area contributed by atoms with Crippen LogP contribution >= 0.6 is 0 Å². The fraction of sp³-hybridized carbons (Fsp3) is 0.364. The van der Waals surface area contributed by atoms with Gasteiger partial charge in [0.05, 0.1) is 0 Å². The minimum atomic E-state index is -0.793. The Morgan fingerprint density at radius 1 is 1.00 bits per heavy atom. The van der Waals surface area contributed by atoms with Crippen molar-refractivity contribution in [2.45, 2.75) is 25.5 Å². The van der Waals surface area contributed by atoms with E-state index in [1.54, 1.807) is 12.1 Å². The molecule has 0 saturated carbocycles. The predicted molar refractivity (Wildman–Crippen MR) is 107 cm³/mol. The first-order valence-electron chi connectivity index (χ1n) is 9.91. The zero-order chi connectivity index (χ0) is 20.1. The molecule has 2 amide bonds. The van der Waals surface area contributed by atoms with E-state index in [4.69, 9.17) is 9.47 Å². The van der Waals surface area contributed by atoms with Crippen LogP contribution in [0.3, 0.4) is 0 Å². The third-order valence-corrected chi connectivity index (χ3v) is 5.22. The number of ether oxygens (including phenoxy) is 2. The standard InChI is InChI=1S/C22H25N3O4/c26-21(12-17-10-11-25(14-17)13-16-6-2-1-3-7-16)23-24-22(27)20-15-28-18-8-4-5-9-19(18)29-20/h1-9,17,20H,10-15H2,(H,23,26)(H,24,27)/t17-,20+/m1/s1. The maximum absolute atomic E-state index is 12.3. The van der Waals surface area contributed by atoms with E-state index in [1.807, 2.05) is 30.3 Å². The molecular formula is C22H25N3O4. The number of carbonyl (C=O) groups is 2. The second-order valence-corrected chi connectivity index (χ2v) is 7.48. The topological polar surface area (TPSA) is 79.9 Å². The third-order valence-electron chi connectivity index (χ3n) is 5.22. The Bertz CT molecular complexity index is 858. The summed E-state index contributed by atoms with van der Waals surface area (Å²) in [6.07, 6.45) is 0.569. The minimum absolute atomic E-state index is 0.107. The van der Waals surface area contributed by atoms with Crippen molar-refractivity contribution in [1.82, 2.24) is 15.8 Å². The maximum Gasteiger partial charge on any atom is 0.283 e. The minimum Gasteiger partial charge on any atom is -0.485 e. The Balaban J connectivity index is 1.18. The van der Waals surface area contributed by atoms with Crippen LogP contribution in [-0.4, -0.2) is 42.5 Å². The summed E-state index contributed by atoms with van der Waals surface area (Å²) in [6, 6.07) is 17.5. The molecule has 2 heterocycles. The van der Waals surface area contributed by atoms with E-state index >= 15 is 0 Å². The lowest BCUT2D eigenvalue weighted by atomic mass is 10.1. The van der Waals surface area contributed by atoms with Crippen LogP contribution in [0.2, 0.25) is 0 Å². The predicted octanol–water partition coefficient (Wildman–Crippen LogP) is 1.89. The van der Waals surface area contributed by atoms with Crippen molar-refractivity contribution in [2.75, 3.05) is 19.7 Å². The van der Waals surface area contributed by atoms with Crippen molar-refractivity contribution in [3.8, 4) is 11.5 Å². The molecular weight excluding hydrogens is 370 g/mol. The van der Waals surface area contributed by atoms with Crippen molar-refractivity contribution in [3.05, 3.63) is 60.2 Å². The van der Waals surface area contributed by atoms with Crippen LogP contribution in [0, 0.1) is 5.92 Å². The molecule has 2 aliphatic heterocycles. The second-order valence-electron chi connectivity index (χ2n) is 7.48. The number of hydrazine groups is 1. The average Bonchev–Trinajstić information content (AvgIpc) is 3.19. The van der Waals surface area contributed by atoms with Crippen LogP contribution in [0.1, 0.15) is 18.4 Å². The molecule has 1 saturated heterocycles. The summed E-state index contributed by atoms with van der Waals surface area (Å²) in [5, 5.41) is 0. The lowest BCUT2D eigenvalue weighted by Gasteiger charge is -2.25. The molecule has 2 N–H and O–H groups in total. The van der Waals surface area contributed by atoms with Gasteiger partial charge in [-0.25, -0.2) is 0 Å². The zero-order valence-electron chi connectivity index (χ0n) is 16.2. The summed E-state index contributed by atoms with van der Waals surface area (Å²) in [5.74, 6) is 0.806. The van der Waals surface area contributed by atoms with Crippen molar-refractivity contribution in [2.24, 2.45) is 5.92 Å². The van der Waals surface area contributed by atoms with Gasteiger partial charge in [-0.3, -0.25) is 25.3 Å². The van der Waals surface area contributed by atoms with Crippen LogP contribution < -0.4 is 20.3 Å². The molecule has 2 aromatic rings. The van der Waals surface area contributed by atoms with Gasteiger partial charge in [0.1, 0.15) is 6.61 Å². The fourth-order valence-electron chi connectivity index (χ4n) is 3.74. The number of rotatable bonds is 5. The van der Waals surface area contributed by atoms with Gasteiger partial charge in [0.2, 0.25) is 12.0 Å². The lowest BCUT2D eigenvalue weighted by molar-refractivity contribution is -0.135. The lowest BCUT2D eigenvalue weighted by Crippen LogP contribution is -2.51. The van der Waals surface area contributed by atoms with Crippen molar-refractivity contribution in [1.29, 1.82) is 0 Å². The highest BCUT2D eigenvalue weighted by molar-refractivity contribution is 5.85. The first-order valence-corrected chi connectivity index (χ1v) is 9.91. The van der Waals surface area contributed by atoms with E-state index < -0.39 is 12.0 Å². The number of amides is 2. The van der Waals surface area contributed by atoms with Crippen LogP contribution in [0.5, 0.6) is 11.5 Å². The van der Waals surface area contributed by atoms with E-state index in [-0.39, 0.29) is 18.4 Å². The molecule has 0 unspecified atom stereocenters. The number of fused-ring (bicyclic) bond motifs is 1. The number of hydrogen-bond acceptors (Lipinski definition) is 5. The molecule has 2 aliphatic rings. The summed E-state index contributed by atoms with van der Waals surface area (Å²) in [5.41, 5.74) is 6.23. The van der Waals surface area contributed by atoms with Crippen LogP contribution in [-0.2, 0) is 16.1 Å². The van der Waals surface area contributed by atoms with Crippen molar-refractivity contribution < 1.29 is 19.1 Å². The molecule has 2 atom stereocenters. The fourth-order valence-corrected chi connectivity index (χ4v) is 3.74. The first-order chi connectivity index (χ1) is 14.2. The molecule has 152 valence electrons. The average molecular weight is 395 g/mol. The molecule has 7 heteroatoms. The Labute approximate surface area is 170 Å². The van der Waals surface area contributed by atoms with E-state index in [1.165, 1.54) is 5.56 Å². The molecule has 0 aliphatic carbocycles. The van der Waals surface area contributed by atoms with E-state index in [0.29, 0.717) is 17.9 Å². The highest BCUT2D eigenvalue weighted by Gasteiger charge is 2.28. The van der Waals surface area contributed by atoms with E-state index in [2.05, 4.69) is 27.9 Å². The smallest absolute Gasteiger partial charge is 0.283 e. The van der Waals surface area contributed by atoms with Gasteiger partial charge in [0.25, 0.3) is 5.91 Å². The highest BCUT2D eigenvalue weighted by atomic mass is 16.6. The molecule has 1 fully saturated rings. The van der Waals surface area contributed by atoms with Gasteiger partial charge >= 0.3 is 0 Å². The zero-order valence-corrected chi connectivity index (χ0v) is 16.2. The highest BCUT2D eigenvalue weighted by Crippen LogP contribution is 2.30. The third kappa shape index (κ3) is 5.06. The summed E-state index contributed by atoms with van der Waals surface area (Å²) in [4.78, 5) is 26.9. The van der Waals surface area contributed by atoms with Crippen LogP contribution in [0.4, 0.5) is 0 Å². The van der Waals surface area contributed by atoms with Crippen LogP contribution in [0.25, 0.3) is 0 Å². The van der Waals surface area contributed by atoms with Crippen LogP contribution in [0.15, 0.2) is 54.6 Å². The normalized spacial score (nSPS) is 20.8. The van der Waals surface area contributed by atoms with Gasteiger partial charge in [-0.15, -0.1) is 0 Å². The largest absolute Gasteiger partial charge is 0.485 e. The molecule has 0 aromatic heterocycles. The summed E-state index contributed by atoms with van der Waals surface area (Å²) < 4.78 is 11.2. The quantitative estimate of drug-likeness (QED) is 0.756. The van der Waals surface area contributed by atoms with Gasteiger partial charge < -0.3 is 9.47 Å². The molecule has 0 spiro atoms. The van der Waals surface area contributed by atoms with Crippen molar-refractivity contribution in [3.63, 3.8) is 0 Å². The molecule has 2 aromatic carbocycles. The Morgan fingerprint density at radius 2 is 1.76 bits per heavy atom. The Kier molecular flexibility index (Phi) is 5.95. The van der Waals surface area contributed by atoms with Gasteiger partial charge in [0, 0.05) is 19.5 Å². The molecule has 7 nitrogen and oxygen atoms in total. The van der Waals surface area contributed by atoms with Gasteiger partial charge in [-0.05, 0) is 36.6 Å². The van der Waals surface area contributed by atoms with E-state index in [9.17, 15) is 9.59 Å². The summed E-state index contributed by atoms with van der Waals surface area (Å²) in [6.45, 7) is 2.87. The molecule has 4 rings (SSSR count). The van der Waals surface area contributed by atoms with E-state index in [0.717, 1.165) is 26.1 Å².